The topological polar surface area (TPSA) is 79.6 Å². The first kappa shape index (κ1) is 21.8. The second kappa shape index (κ2) is 8.99. The molecule has 0 radical (unpaired) electrons. The number of aromatic nitrogens is 1. The number of rotatable bonds is 7. The van der Waals surface area contributed by atoms with E-state index in [0.717, 1.165) is 32.4 Å². The summed E-state index contributed by atoms with van der Waals surface area (Å²) in [5, 5.41) is 12.4. The molecule has 2 heterocycles. The Morgan fingerprint density at radius 2 is 1.90 bits per heavy atom. The van der Waals surface area contributed by atoms with E-state index in [1.807, 2.05) is 32.3 Å². The molecule has 4 rings (SSSR count). The van der Waals surface area contributed by atoms with E-state index in [1.165, 1.54) is 34.8 Å². The van der Waals surface area contributed by atoms with Crippen LogP contribution in [0.3, 0.4) is 0 Å². The lowest BCUT2D eigenvalue weighted by Crippen LogP contribution is -2.32. The Kier molecular flexibility index (Phi) is 6.33. The van der Waals surface area contributed by atoms with E-state index in [4.69, 9.17) is 4.98 Å². The van der Waals surface area contributed by atoms with Gasteiger partial charge in [0.25, 0.3) is 11.6 Å². The molecule has 0 unspecified atom stereocenters. The van der Waals surface area contributed by atoms with Crippen LogP contribution in [0, 0.1) is 10.1 Å². The summed E-state index contributed by atoms with van der Waals surface area (Å²) >= 11 is 6.31. The van der Waals surface area contributed by atoms with Crippen molar-refractivity contribution < 1.29 is 9.72 Å². The summed E-state index contributed by atoms with van der Waals surface area (Å²) in [5.41, 5.74) is 0.865. The molecular formula is C21H19BrN4O3S2. The van der Waals surface area contributed by atoms with Gasteiger partial charge < -0.3 is 4.90 Å². The molecule has 0 aliphatic heterocycles. The molecule has 0 fully saturated rings. The molecule has 0 N–H and O–H groups in total. The maximum absolute atomic E-state index is 13.5. The van der Waals surface area contributed by atoms with E-state index in [2.05, 4.69) is 20.8 Å². The highest BCUT2D eigenvalue weighted by atomic mass is 79.9. The fourth-order valence-corrected chi connectivity index (χ4v) is 5.75. The molecule has 0 saturated heterocycles. The van der Waals surface area contributed by atoms with Gasteiger partial charge in [-0.15, -0.1) is 11.3 Å². The van der Waals surface area contributed by atoms with E-state index in [9.17, 15) is 14.9 Å². The predicted octanol–water partition coefficient (Wildman–Crippen LogP) is 5.78. The first-order valence-electron chi connectivity index (χ1n) is 9.52. The van der Waals surface area contributed by atoms with Gasteiger partial charge in [0.1, 0.15) is 0 Å². The number of thiophene rings is 1. The summed E-state index contributed by atoms with van der Waals surface area (Å²) in [5.74, 6) is -0.138. The van der Waals surface area contributed by atoms with Crippen LogP contribution in [-0.2, 0) is 0 Å². The van der Waals surface area contributed by atoms with E-state index in [0.29, 0.717) is 21.9 Å². The van der Waals surface area contributed by atoms with E-state index < -0.39 is 4.92 Å². The smallest absolute Gasteiger partial charge is 0.270 e. The third-order valence-corrected chi connectivity index (χ3v) is 7.36. The maximum Gasteiger partial charge on any atom is 0.270 e. The highest BCUT2D eigenvalue weighted by molar-refractivity contribution is 9.10. The Labute approximate surface area is 195 Å². The van der Waals surface area contributed by atoms with Crippen molar-refractivity contribution in [2.45, 2.75) is 6.42 Å². The summed E-state index contributed by atoms with van der Waals surface area (Å²) in [7, 11) is 4.00. The van der Waals surface area contributed by atoms with Crippen LogP contribution in [0.25, 0.3) is 20.3 Å². The van der Waals surface area contributed by atoms with Crippen LogP contribution in [0.15, 0.2) is 46.9 Å². The number of amides is 1. The summed E-state index contributed by atoms with van der Waals surface area (Å²) < 4.78 is 2.81. The van der Waals surface area contributed by atoms with Gasteiger partial charge >= 0.3 is 0 Å². The fourth-order valence-electron chi connectivity index (χ4n) is 3.21. The minimum absolute atomic E-state index is 0.0175. The molecular weight excluding hydrogens is 500 g/mol. The molecule has 0 saturated carbocycles. The number of hydrogen-bond donors (Lipinski definition) is 0. The molecule has 0 aliphatic carbocycles. The van der Waals surface area contributed by atoms with Crippen LogP contribution < -0.4 is 4.90 Å². The lowest BCUT2D eigenvalue weighted by atomic mass is 10.2. The van der Waals surface area contributed by atoms with Gasteiger partial charge in [0, 0.05) is 33.2 Å². The van der Waals surface area contributed by atoms with Crippen molar-refractivity contribution in [3.05, 3.63) is 61.9 Å². The molecule has 31 heavy (non-hydrogen) atoms. The number of thiazole rings is 1. The summed E-state index contributed by atoms with van der Waals surface area (Å²) in [6, 6.07) is 12.3. The number of carbonyl (C=O) groups is 1. The normalized spacial score (nSPS) is 11.5. The average Bonchev–Trinajstić information content (AvgIpc) is 3.33. The van der Waals surface area contributed by atoms with Gasteiger partial charge in [-0.25, -0.2) is 4.98 Å². The molecule has 10 heteroatoms. The number of benzene rings is 2. The predicted molar refractivity (Wildman–Crippen MR) is 131 cm³/mol. The summed E-state index contributed by atoms with van der Waals surface area (Å²) in [6.45, 7) is 1.38. The Bertz CT molecular complexity index is 1280. The molecule has 4 aromatic rings. The second-order valence-corrected chi connectivity index (χ2v) is 10.3. The van der Waals surface area contributed by atoms with E-state index in [-0.39, 0.29) is 11.6 Å². The highest BCUT2D eigenvalue weighted by Gasteiger charge is 2.23. The number of nitrogens with zero attached hydrogens (tertiary/aromatic N) is 4. The Morgan fingerprint density at radius 1 is 1.10 bits per heavy atom. The third kappa shape index (κ3) is 4.77. The molecule has 7 nitrogen and oxygen atoms in total. The molecule has 0 aliphatic rings. The fraction of sp³-hybridized carbons (Fsp3) is 0.238. The maximum atomic E-state index is 13.5. The number of anilines is 1. The SMILES string of the molecule is CN(C)CCCN(C(=O)c1cc2cc([N+](=O)[O-])ccc2s1)c1nc2ccc(Br)cc2s1. The zero-order valence-electron chi connectivity index (χ0n) is 16.9. The Balaban J connectivity index is 1.70. The zero-order valence-corrected chi connectivity index (χ0v) is 20.1. The minimum atomic E-state index is -0.425. The Hall–Kier alpha value is -2.40. The first-order valence-corrected chi connectivity index (χ1v) is 11.9. The third-order valence-electron chi connectivity index (χ3n) is 4.72. The molecule has 0 atom stereocenters. The van der Waals surface area contributed by atoms with Crippen molar-refractivity contribution in [3.8, 4) is 0 Å². The summed E-state index contributed by atoms with van der Waals surface area (Å²) in [6.07, 6.45) is 0.800. The zero-order chi connectivity index (χ0) is 22.1. The van der Waals surface area contributed by atoms with E-state index in [1.54, 1.807) is 17.0 Å². The van der Waals surface area contributed by atoms with Gasteiger partial charge in [-0.1, -0.05) is 27.3 Å². The monoisotopic (exact) mass is 518 g/mol. The number of halogens is 1. The molecule has 2 aromatic carbocycles. The lowest BCUT2D eigenvalue weighted by Gasteiger charge is -2.20. The number of carbonyl (C=O) groups excluding carboxylic acids is 1. The van der Waals surface area contributed by atoms with Crippen molar-refractivity contribution in [2.75, 3.05) is 32.1 Å². The van der Waals surface area contributed by atoms with Crippen molar-refractivity contribution in [3.63, 3.8) is 0 Å². The van der Waals surface area contributed by atoms with Crippen LogP contribution in [-0.4, -0.2) is 47.9 Å². The van der Waals surface area contributed by atoms with Gasteiger partial charge in [-0.05, 0) is 57.4 Å². The van der Waals surface area contributed by atoms with Crippen molar-refractivity contribution in [2.24, 2.45) is 0 Å². The van der Waals surface area contributed by atoms with Gasteiger partial charge in [0.2, 0.25) is 0 Å². The van der Waals surface area contributed by atoms with Crippen LogP contribution >= 0.6 is 38.6 Å². The number of nitro benzene ring substituents is 1. The average molecular weight is 519 g/mol. The highest BCUT2D eigenvalue weighted by Crippen LogP contribution is 2.34. The van der Waals surface area contributed by atoms with E-state index >= 15 is 0 Å². The standard InChI is InChI=1S/C21H19BrN4O3S2/c1-24(2)8-3-9-25(21-23-16-6-4-14(22)12-18(16)31-21)20(27)19-11-13-10-15(26(28)29)5-7-17(13)30-19/h4-7,10-12H,3,8-9H2,1-2H3. The Morgan fingerprint density at radius 3 is 2.65 bits per heavy atom. The number of fused-ring (bicyclic) bond motifs is 2. The minimum Gasteiger partial charge on any atom is -0.309 e. The lowest BCUT2D eigenvalue weighted by molar-refractivity contribution is -0.384. The molecule has 0 bridgehead atoms. The molecule has 160 valence electrons. The van der Waals surface area contributed by atoms with Gasteiger partial charge in [-0.2, -0.15) is 0 Å². The number of non-ortho nitro benzene ring substituents is 1. The van der Waals surface area contributed by atoms with Crippen LogP contribution in [0.1, 0.15) is 16.1 Å². The quantitative estimate of drug-likeness (QED) is 0.229. The second-order valence-electron chi connectivity index (χ2n) is 7.31. The van der Waals surface area contributed by atoms with Crippen molar-refractivity contribution in [1.29, 1.82) is 0 Å². The number of hydrogen-bond acceptors (Lipinski definition) is 7. The number of nitro groups is 1. The van der Waals surface area contributed by atoms with Crippen LogP contribution in [0.5, 0.6) is 0 Å². The van der Waals surface area contributed by atoms with Gasteiger partial charge in [-0.3, -0.25) is 19.8 Å². The van der Waals surface area contributed by atoms with Crippen LogP contribution in [0.4, 0.5) is 10.8 Å². The van der Waals surface area contributed by atoms with Crippen molar-refractivity contribution >= 4 is 75.6 Å². The van der Waals surface area contributed by atoms with Crippen molar-refractivity contribution in [1.82, 2.24) is 9.88 Å². The molecule has 2 aromatic heterocycles. The van der Waals surface area contributed by atoms with Gasteiger partial charge in [0.05, 0.1) is 20.0 Å². The largest absolute Gasteiger partial charge is 0.309 e. The first-order chi connectivity index (χ1) is 14.8. The summed E-state index contributed by atoms with van der Waals surface area (Å²) in [4.78, 5) is 33.2. The van der Waals surface area contributed by atoms with Crippen LogP contribution in [0.2, 0.25) is 0 Å². The molecule has 0 spiro atoms. The molecule has 1 amide bonds. The van der Waals surface area contributed by atoms with Gasteiger partial charge in [0.15, 0.2) is 5.13 Å².